The van der Waals surface area contributed by atoms with Crippen LogP contribution in [0.2, 0.25) is 0 Å². The number of nitrogens with one attached hydrogen (secondary N) is 1. The van der Waals surface area contributed by atoms with E-state index in [1.165, 1.54) is 11.1 Å². The average Bonchev–Trinajstić information content (AvgIpc) is 2.78. The van der Waals surface area contributed by atoms with Crippen LogP contribution in [0.1, 0.15) is 44.0 Å². The SMILES string of the molecule is NC(=O)c1cc(COc2ccc3c(c2)CC(NC(=O)c2ccc(Br)cc2)CC3)ccn1. The van der Waals surface area contributed by atoms with Crippen LogP contribution in [0, 0.1) is 0 Å². The van der Waals surface area contributed by atoms with Gasteiger partial charge in [-0.1, -0.05) is 22.0 Å². The fourth-order valence-corrected chi connectivity index (χ4v) is 3.95. The molecule has 3 N–H and O–H groups in total. The van der Waals surface area contributed by atoms with E-state index in [-0.39, 0.29) is 17.6 Å². The Bertz CT molecular complexity index is 1120. The monoisotopic (exact) mass is 479 g/mol. The van der Waals surface area contributed by atoms with Crippen molar-refractivity contribution in [3.05, 3.63) is 93.2 Å². The van der Waals surface area contributed by atoms with Gasteiger partial charge in [-0.05, 0) is 84.5 Å². The van der Waals surface area contributed by atoms with Crippen LogP contribution in [-0.2, 0) is 19.4 Å². The van der Waals surface area contributed by atoms with E-state index >= 15 is 0 Å². The summed E-state index contributed by atoms with van der Waals surface area (Å²) in [5.74, 6) is 0.124. The van der Waals surface area contributed by atoms with E-state index in [0.29, 0.717) is 12.2 Å². The van der Waals surface area contributed by atoms with Crippen LogP contribution >= 0.6 is 15.9 Å². The zero-order chi connectivity index (χ0) is 21.8. The van der Waals surface area contributed by atoms with E-state index in [9.17, 15) is 9.59 Å². The van der Waals surface area contributed by atoms with E-state index in [2.05, 4.69) is 32.3 Å². The van der Waals surface area contributed by atoms with Gasteiger partial charge in [0.15, 0.2) is 0 Å². The first-order valence-corrected chi connectivity index (χ1v) is 10.8. The third-order valence-corrected chi connectivity index (χ3v) is 5.86. The number of hydrogen-bond donors (Lipinski definition) is 2. The van der Waals surface area contributed by atoms with Gasteiger partial charge in [0.2, 0.25) is 0 Å². The van der Waals surface area contributed by atoms with Gasteiger partial charge in [-0.25, -0.2) is 0 Å². The summed E-state index contributed by atoms with van der Waals surface area (Å²) < 4.78 is 6.86. The van der Waals surface area contributed by atoms with Gasteiger partial charge >= 0.3 is 0 Å². The van der Waals surface area contributed by atoms with Crippen molar-refractivity contribution in [3.8, 4) is 5.75 Å². The molecular weight excluding hydrogens is 458 g/mol. The largest absolute Gasteiger partial charge is 0.489 e. The van der Waals surface area contributed by atoms with Gasteiger partial charge in [0, 0.05) is 22.3 Å². The standard InChI is InChI=1S/C24H22BrN3O3/c25-19-5-1-17(2-6-19)24(30)28-20-7-3-16-4-8-21(13-18(16)12-20)31-14-15-9-10-27-22(11-15)23(26)29/h1-2,4-6,8-11,13,20H,3,7,12,14H2,(H2,26,29)(H,28,30). The number of benzene rings is 2. The van der Waals surface area contributed by atoms with Crippen molar-refractivity contribution in [2.75, 3.05) is 0 Å². The van der Waals surface area contributed by atoms with Gasteiger partial charge in [0.05, 0.1) is 0 Å². The minimum atomic E-state index is -0.563. The van der Waals surface area contributed by atoms with E-state index in [4.69, 9.17) is 10.5 Å². The summed E-state index contributed by atoms with van der Waals surface area (Å²) in [4.78, 5) is 27.8. The molecule has 0 fully saturated rings. The molecule has 0 aliphatic heterocycles. The normalized spacial score (nSPS) is 15.1. The van der Waals surface area contributed by atoms with Crippen molar-refractivity contribution < 1.29 is 14.3 Å². The van der Waals surface area contributed by atoms with E-state index in [1.807, 2.05) is 36.4 Å². The van der Waals surface area contributed by atoms with E-state index in [1.54, 1.807) is 18.3 Å². The number of primary amides is 1. The van der Waals surface area contributed by atoms with Gasteiger partial charge in [0.1, 0.15) is 18.1 Å². The van der Waals surface area contributed by atoms with Crippen molar-refractivity contribution in [3.63, 3.8) is 0 Å². The Balaban J connectivity index is 1.39. The highest BCUT2D eigenvalue weighted by Gasteiger charge is 2.21. The minimum Gasteiger partial charge on any atom is -0.489 e. The molecule has 3 aromatic rings. The highest BCUT2D eigenvalue weighted by atomic mass is 79.9. The molecule has 0 bridgehead atoms. The first-order chi connectivity index (χ1) is 15.0. The van der Waals surface area contributed by atoms with Gasteiger partial charge in [-0.3, -0.25) is 14.6 Å². The molecule has 158 valence electrons. The van der Waals surface area contributed by atoms with Crippen LogP contribution in [0.15, 0.2) is 65.3 Å². The van der Waals surface area contributed by atoms with Crippen LogP contribution in [0.3, 0.4) is 0 Å². The van der Waals surface area contributed by atoms with Gasteiger partial charge in [0.25, 0.3) is 11.8 Å². The number of pyridine rings is 1. The molecule has 1 heterocycles. The summed E-state index contributed by atoms with van der Waals surface area (Å²) >= 11 is 3.39. The number of nitrogens with zero attached hydrogens (tertiary/aromatic N) is 1. The van der Waals surface area contributed by atoms with Gasteiger partial charge in [-0.15, -0.1) is 0 Å². The lowest BCUT2D eigenvalue weighted by Gasteiger charge is -2.26. The highest BCUT2D eigenvalue weighted by Crippen LogP contribution is 2.26. The summed E-state index contributed by atoms with van der Waals surface area (Å²) in [6.45, 7) is 0.311. The van der Waals surface area contributed by atoms with E-state index in [0.717, 1.165) is 35.0 Å². The number of aryl methyl sites for hydroxylation is 1. The third-order valence-electron chi connectivity index (χ3n) is 5.33. The predicted molar refractivity (Wildman–Crippen MR) is 121 cm³/mol. The molecule has 2 amide bonds. The Morgan fingerprint density at radius 1 is 1.10 bits per heavy atom. The minimum absolute atomic E-state index is 0.0590. The highest BCUT2D eigenvalue weighted by molar-refractivity contribution is 9.10. The lowest BCUT2D eigenvalue weighted by Crippen LogP contribution is -2.38. The molecule has 2 aromatic carbocycles. The van der Waals surface area contributed by atoms with Gasteiger partial charge in [-0.2, -0.15) is 0 Å². The van der Waals surface area contributed by atoms with Gasteiger partial charge < -0.3 is 15.8 Å². The fourth-order valence-electron chi connectivity index (χ4n) is 3.68. The average molecular weight is 480 g/mol. The number of carbonyl (C=O) groups excluding carboxylic acids is 2. The summed E-state index contributed by atoms with van der Waals surface area (Å²) in [6.07, 6.45) is 4.12. The Kier molecular flexibility index (Phi) is 6.32. The molecule has 0 spiro atoms. The zero-order valence-corrected chi connectivity index (χ0v) is 18.4. The van der Waals surface area contributed by atoms with Crippen molar-refractivity contribution in [1.82, 2.24) is 10.3 Å². The first kappa shape index (κ1) is 21.1. The van der Waals surface area contributed by atoms with Crippen LogP contribution in [0.5, 0.6) is 5.75 Å². The zero-order valence-electron chi connectivity index (χ0n) is 16.8. The number of hydrogen-bond acceptors (Lipinski definition) is 4. The molecule has 0 saturated heterocycles. The molecular formula is C24H22BrN3O3. The Morgan fingerprint density at radius 2 is 1.90 bits per heavy atom. The Hall–Kier alpha value is -3.19. The number of carbonyl (C=O) groups is 2. The number of nitrogens with two attached hydrogens (primary N) is 1. The summed E-state index contributed by atoms with van der Waals surface area (Å²) in [5, 5.41) is 3.14. The smallest absolute Gasteiger partial charge is 0.267 e. The van der Waals surface area contributed by atoms with E-state index < -0.39 is 5.91 Å². The molecule has 0 saturated carbocycles. The number of amides is 2. The molecule has 1 aliphatic rings. The molecule has 7 heteroatoms. The third kappa shape index (κ3) is 5.30. The maximum absolute atomic E-state index is 12.5. The topological polar surface area (TPSA) is 94.3 Å². The molecule has 1 atom stereocenters. The maximum atomic E-state index is 12.5. The number of ether oxygens (including phenoxy) is 1. The summed E-state index contributed by atoms with van der Waals surface area (Å²) in [6, 6.07) is 16.9. The molecule has 31 heavy (non-hydrogen) atoms. The van der Waals surface area contributed by atoms with Crippen LogP contribution in [0.25, 0.3) is 0 Å². The van der Waals surface area contributed by atoms with Crippen LogP contribution < -0.4 is 15.8 Å². The van der Waals surface area contributed by atoms with Crippen molar-refractivity contribution in [1.29, 1.82) is 0 Å². The molecule has 0 radical (unpaired) electrons. The molecule has 6 nitrogen and oxygen atoms in total. The predicted octanol–water partition coefficient (Wildman–Crippen LogP) is 3.81. The fraction of sp³-hybridized carbons (Fsp3) is 0.208. The number of rotatable bonds is 6. The number of fused-ring (bicyclic) bond motifs is 1. The lowest BCUT2D eigenvalue weighted by molar-refractivity contribution is 0.0932. The molecule has 1 aliphatic carbocycles. The lowest BCUT2D eigenvalue weighted by atomic mass is 9.88. The summed E-state index contributed by atoms with van der Waals surface area (Å²) in [5.41, 5.74) is 9.43. The number of halogens is 1. The quantitative estimate of drug-likeness (QED) is 0.561. The van der Waals surface area contributed by atoms with Crippen molar-refractivity contribution in [2.24, 2.45) is 5.73 Å². The van der Waals surface area contributed by atoms with Crippen LogP contribution in [0.4, 0.5) is 0 Å². The second-order valence-electron chi connectivity index (χ2n) is 7.55. The molecule has 1 aromatic heterocycles. The van der Waals surface area contributed by atoms with Crippen molar-refractivity contribution >= 4 is 27.7 Å². The second kappa shape index (κ2) is 9.31. The number of aromatic nitrogens is 1. The van der Waals surface area contributed by atoms with Crippen molar-refractivity contribution in [2.45, 2.75) is 31.9 Å². The Morgan fingerprint density at radius 3 is 2.68 bits per heavy atom. The summed E-state index contributed by atoms with van der Waals surface area (Å²) in [7, 11) is 0. The Labute approximate surface area is 189 Å². The van der Waals surface area contributed by atoms with Crippen LogP contribution in [-0.4, -0.2) is 22.8 Å². The second-order valence-corrected chi connectivity index (χ2v) is 8.47. The molecule has 1 unspecified atom stereocenters. The molecule has 4 rings (SSSR count). The first-order valence-electron chi connectivity index (χ1n) is 10.0. The maximum Gasteiger partial charge on any atom is 0.267 e.